The number of β-amino-alcohol motifs (C(OH)–C–C–N with tert-alkyl or cyclic N) is 1. The van der Waals surface area contributed by atoms with E-state index in [-0.39, 0.29) is 29.7 Å². The molecule has 3 N–H and O–H groups in total. The van der Waals surface area contributed by atoms with Gasteiger partial charge in [0.15, 0.2) is 0 Å². The molecule has 1 saturated heterocycles. The molecule has 1 aliphatic carbocycles. The molecule has 1 amide bonds. The van der Waals surface area contributed by atoms with E-state index in [1.165, 1.54) is 12.1 Å². The van der Waals surface area contributed by atoms with Gasteiger partial charge in [-0.05, 0) is 49.8 Å². The van der Waals surface area contributed by atoms with Crippen molar-refractivity contribution in [3.8, 4) is 0 Å². The molecule has 120 valence electrons. The number of aliphatic hydroxyl groups is 1. The van der Waals surface area contributed by atoms with Gasteiger partial charge in [0.25, 0.3) is 0 Å². The zero-order valence-corrected chi connectivity index (χ0v) is 12.6. The third-order valence-electron chi connectivity index (χ3n) is 4.94. The van der Waals surface area contributed by atoms with Crippen molar-refractivity contribution >= 4 is 5.91 Å². The van der Waals surface area contributed by atoms with Gasteiger partial charge in [-0.3, -0.25) is 4.79 Å². The molecule has 4 nitrogen and oxygen atoms in total. The number of benzene rings is 1. The topological polar surface area (TPSA) is 66.6 Å². The largest absolute Gasteiger partial charge is 0.391 e. The van der Waals surface area contributed by atoms with Gasteiger partial charge in [-0.2, -0.15) is 0 Å². The highest BCUT2D eigenvalue weighted by molar-refractivity contribution is 5.80. The predicted octanol–water partition coefficient (Wildman–Crippen LogP) is 1.98. The van der Waals surface area contributed by atoms with Gasteiger partial charge in [0, 0.05) is 18.5 Å². The van der Waals surface area contributed by atoms with Crippen LogP contribution in [0.25, 0.3) is 0 Å². The summed E-state index contributed by atoms with van der Waals surface area (Å²) in [4.78, 5) is 14.6. The van der Waals surface area contributed by atoms with Crippen molar-refractivity contribution in [1.29, 1.82) is 0 Å². The maximum Gasteiger partial charge on any atom is 0.226 e. The van der Waals surface area contributed by atoms with Crippen LogP contribution in [0.5, 0.6) is 0 Å². The van der Waals surface area contributed by atoms with E-state index in [0.717, 1.165) is 31.2 Å². The van der Waals surface area contributed by atoms with Crippen LogP contribution in [-0.4, -0.2) is 34.6 Å². The number of aliphatic hydroxyl groups excluding tert-OH is 1. The van der Waals surface area contributed by atoms with Crippen molar-refractivity contribution in [2.24, 2.45) is 11.7 Å². The molecule has 2 fully saturated rings. The summed E-state index contributed by atoms with van der Waals surface area (Å²) in [6.45, 7) is 0.365. The third kappa shape index (κ3) is 3.15. The summed E-state index contributed by atoms with van der Waals surface area (Å²) >= 11 is 0. The number of halogens is 1. The van der Waals surface area contributed by atoms with Crippen LogP contribution >= 0.6 is 0 Å². The SMILES string of the molecule is N[C@H]1CC[C@H](C(=O)N2CC(O)C[C@@H]2c2ccc(F)cc2)CC1. The first kappa shape index (κ1) is 15.4. The fraction of sp³-hybridized carbons (Fsp3) is 0.588. The van der Waals surface area contributed by atoms with Crippen molar-refractivity contribution in [3.63, 3.8) is 0 Å². The Balaban J connectivity index is 1.75. The smallest absolute Gasteiger partial charge is 0.226 e. The number of likely N-dealkylation sites (tertiary alicyclic amines) is 1. The van der Waals surface area contributed by atoms with E-state index in [2.05, 4.69) is 0 Å². The molecule has 0 spiro atoms. The van der Waals surface area contributed by atoms with Crippen molar-refractivity contribution in [2.45, 2.75) is 50.3 Å². The molecule has 1 aromatic carbocycles. The van der Waals surface area contributed by atoms with Crippen molar-refractivity contribution in [3.05, 3.63) is 35.6 Å². The van der Waals surface area contributed by atoms with Crippen LogP contribution in [0.1, 0.15) is 43.7 Å². The van der Waals surface area contributed by atoms with E-state index in [1.807, 2.05) is 0 Å². The van der Waals surface area contributed by atoms with E-state index in [9.17, 15) is 14.3 Å². The Morgan fingerprint density at radius 1 is 1.18 bits per heavy atom. The number of nitrogens with zero attached hydrogens (tertiary/aromatic N) is 1. The summed E-state index contributed by atoms with van der Waals surface area (Å²) in [6.07, 6.45) is 3.42. The van der Waals surface area contributed by atoms with Crippen LogP contribution in [0.15, 0.2) is 24.3 Å². The molecule has 1 heterocycles. The number of carbonyl (C=O) groups excluding carboxylic acids is 1. The van der Waals surface area contributed by atoms with E-state index < -0.39 is 6.10 Å². The highest BCUT2D eigenvalue weighted by atomic mass is 19.1. The monoisotopic (exact) mass is 306 g/mol. The van der Waals surface area contributed by atoms with Gasteiger partial charge in [-0.1, -0.05) is 12.1 Å². The lowest BCUT2D eigenvalue weighted by molar-refractivity contribution is -0.138. The molecule has 0 radical (unpaired) electrons. The van der Waals surface area contributed by atoms with Crippen LogP contribution in [-0.2, 0) is 4.79 Å². The van der Waals surface area contributed by atoms with Gasteiger partial charge in [-0.15, -0.1) is 0 Å². The minimum Gasteiger partial charge on any atom is -0.391 e. The summed E-state index contributed by atoms with van der Waals surface area (Å²) in [7, 11) is 0. The Bertz CT molecular complexity index is 526. The van der Waals surface area contributed by atoms with E-state index in [1.54, 1.807) is 17.0 Å². The molecule has 5 heteroatoms. The molecule has 0 bridgehead atoms. The van der Waals surface area contributed by atoms with Gasteiger partial charge >= 0.3 is 0 Å². The number of carbonyl (C=O) groups is 1. The minimum absolute atomic E-state index is 0.00745. The van der Waals surface area contributed by atoms with Crippen LogP contribution in [0.4, 0.5) is 4.39 Å². The Morgan fingerprint density at radius 2 is 1.82 bits per heavy atom. The number of hydrogen-bond acceptors (Lipinski definition) is 3. The lowest BCUT2D eigenvalue weighted by atomic mass is 9.85. The fourth-order valence-corrected chi connectivity index (χ4v) is 3.66. The second kappa shape index (κ2) is 6.34. The fourth-order valence-electron chi connectivity index (χ4n) is 3.66. The van der Waals surface area contributed by atoms with Gasteiger partial charge < -0.3 is 15.7 Å². The first-order valence-corrected chi connectivity index (χ1v) is 8.04. The molecular weight excluding hydrogens is 283 g/mol. The van der Waals surface area contributed by atoms with Gasteiger partial charge in [0.1, 0.15) is 5.82 Å². The van der Waals surface area contributed by atoms with Gasteiger partial charge in [0.2, 0.25) is 5.91 Å². The van der Waals surface area contributed by atoms with Gasteiger partial charge in [0.05, 0.1) is 12.1 Å². The van der Waals surface area contributed by atoms with Crippen LogP contribution in [0.2, 0.25) is 0 Å². The quantitative estimate of drug-likeness (QED) is 0.878. The summed E-state index contributed by atoms with van der Waals surface area (Å²) in [5.74, 6) is -0.174. The molecule has 1 unspecified atom stereocenters. The Labute approximate surface area is 130 Å². The maximum absolute atomic E-state index is 13.1. The molecule has 22 heavy (non-hydrogen) atoms. The van der Waals surface area contributed by atoms with Crippen LogP contribution in [0.3, 0.4) is 0 Å². The summed E-state index contributed by atoms with van der Waals surface area (Å²) in [6, 6.07) is 6.27. The van der Waals surface area contributed by atoms with Gasteiger partial charge in [-0.25, -0.2) is 4.39 Å². The molecular formula is C17H23FN2O2. The average molecular weight is 306 g/mol. The molecule has 3 rings (SSSR count). The Hall–Kier alpha value is -1.46. The molecule has 1 saturated carbocycles. The summed E-state index contributed by atoms with van der Waals surface area (Å²) in [5, 5.41) is 9.99. The Kier molecular flexibility index (Phi) is 4.45. The predicted molar refractivity (Wildman–Crippen MR) is 81.4 cm³/mol. The first-order valence-electron chi connectivity index (χ1n) is 8.04. The van der Waals surface area contributed by atoms with Crippen molar-refractivity contribution in [1.82, 2.24) is 4.90 Å². The molecule has 1 aliphatic heterocycles. The van der Waals surface area contributed by atoms with Crippen molar-refractivity contribution < 1.29 is 14.3 Å². The zero-order valence-electron chi connectivity index (χ0n) is 12.6. The molecule has 2 atom stereocenters. The first-order chi connectivity index (χ1) is 10.5. The summed E-state index contributed by atoms with van der Waals surface area (Å²) in [5.41, 5.74) is 6.79. The third-order valence-corrected chi connectivity index (χ3v) is 4.94. The normalized spacial score (nSPS) is 32.2. The second-order valence-electron chi connectivity index (χ2n) is 6.56. The van der Waals surface area contributed by atoms with Crippen LogP contribution in [0, 0.1) is 11.7 Å². The molecule has 0 aromatic heterocycles. The standard InChI is InChI=1S/C17H23FN2O2/c18-13-5-1-11(2-6-13)16-9-15(21)10-20(16)17(22)12-3-7-14(19)8-4-12/h1-2,5-6,12,14-16,21H,3-4,7-10,19H2/t12-,14-,15?,16-/m1/s1. The number of nitrogens with two attached hydrogens (primary N) is 1. The average Bonchev–Trinajstić information content (AvgIpc) is 2.90. The highest BCUT2D eigenvalue weighted by Crippen LogP contribution is 2.35. The number of amides is 1. The minimum atomic E-state index is -0.509. The van der Waals surface area contributed by atoms with Crippen molar-refractivity contribution in [2.75, 3.05) is 6.54 Å². The lowest BCUT2D eigenvalue weighted by Crippen LogP contribution is -2.39. The summed E-state index contributed by atoms with van der Waals surface area (Å²) < 4.78 is 13.1. The lowest BCUT2D eigenvalue weighted by Gasteiger charge is -2.32. The zero-order chi connectivity index (χ0) is 15.7. The second-order valence-corrected chi connectivity index (χ2v) is 6.56. The van der Waals surface area contributed by atoms with Crippen LogP contribution < -0.4 is 5.73 Å². The number of rotatable bonds is 2. The highest BCUT2D eigenvalue weighted by Gasteiger charge is 2.38. The molecule has 2 aliphatic rings. The maximum atomic E-state index is 13.1. The Morgan fingerprint density at radius 3 is 2.45 bits per heavy atom. The molecule has 1 aromatic rings. The van der Waals surface area contributed by atoms with E-state index in [4.69, 9.17) is 5.73 Å². The number of hydrogen-bond donors (Lipinski definition) is 2. The van der Waals surface area contributed by atoms with E-state index >= 15 is 0 Å². The van der Waals surface area contributed by atoms with E-state index in [0.29, 0.717) is 13.0 Å².